The number of hydrogen-bond donors (Lipinski definition) is 1. The molecule has 32 heavy (non-hydrogen) atoms. The molecule has 1 aliphatic heterocycles. The Bertz CT molecular complexity index is 1190. The predicted molar refractivity (Wildman–Crippen MR) is 121 cm³/mol. The molecule has 0 spiro atoms. The van der Waals surface area contributed by atoms with Gasteiger partial charge in [-0.1, -0.05) is 12.1 Å². The lowest BCUT2D eigenvalue weighted by atomic mass is 10.1. The summed E-state index contributed by atoms with van der Waals surface area (Å²) in [6.45, 7) is 2.10. The van der Waals surface area contributed by atoms with E-state index >= 15 is 0 Å². The van der Waals surface area contributed by atoms with E-state index in [0.717, 1.165) is 29.8 Å². The van der Waals surface area contributed by atoms with Crippen LogP contribution in [0.3, 0.4) is 0 Å². The van der Waals surface area contributed by atoms with Gasteiger partial charge in [-0.2, -0.15) is 5.10 Å². The Kier molecular flexibility index (Phi) is 5.57. The molecule has 1 unspecified atom stereocenters. The molecular weight excluding hydrogens is 402 g/mol. The first-order valence-corrected chi connectivity index (χ1v) is 10.6. The molecule has 0 saturated carbocycles. The Labute approximate surface area is 186 Å². The zero-order valence-electron chi connectivity index (χ0n) is 17.5. The molecule has 8 nitrogen and oxygen atoms in total. The molecule has 1 aliphatic rings. The number of anilines is 1. The van der Waals surface area contributed by atoms with Crippen molar-refractivity contribution in [2.75, 3.05) is 18.0 Å². The maximum absolute atomic E-state index is 12.8. The molecule has 1 saturated heterocycles. The van der Waals surface area contributed by atoms with E-state index in [-0.39, 0.29) is 11.9 Å². The van der Waals surface area contributed by atoms with E-state index in [2.05, 4.69) is 25.3 Å². The molecular formula is C24H23N7O. The fourth-order valence-electron chi connectivity index (χ4n) is 3.90. The normalized spacial score (nSPS) is 15.6. The molecule has 160 valence electrons. The van der Waals surface area contributed by atoms with Crippen molar-refractivity contribution < 1.29 is 4.79 Å². The van der Waals surface area contributed by atoms with E-state index in [9.17, 15) is 4.79 Å². The van der Waals surface area contributed by atoms with E-state index < -0.39 is 0 Å². The van der Waals surface area contributed by atoms with Crippen molar-refractivity contribution in [3.63, 3.8) is 0 Å². The first-order valence-electron chi connectivity index (χ1n) is 10.6. The number of pyridine rings is 1. The van der Waals surface area contributed by atoms with Crippen LogP contribution in [0, 0.1) is 0 Å². The zero-order valence-corrected chi connectivity index (χ0v) is 17.5. The van der Waals surface area contributed by atoms with Gasteiger partial charge in [-0.25, -0.2) is 9.97 Å². The summed E-state index contributed by atoms with van der Waals surface area (Å²) in [6, 6.07) is 15.4. The fourth-order valence-corrected chi connectivity index (χ4v) is 3.90. The van der Waals surface area contributed by atoms with Crippen LogP contribution in [0.15, 0.2) is 79.5 Å². The molecule has 3 aromatic heterocycles. The molecule has 0 bridgehead atoms. The molecule has 1 atom stereocenters. The van der Waals surface area contributed by atoms with Crippen LogP contribution in [0.2, 0.25) is 0 Å². The van der Waals surface area contributed by atoms with Gasteiger partial charge in [-0.15, -0.1) is 0 Å². The lowest BCUT2D eigenvalue weighted by Gasteiger charge is -2.17. The molecule has 1 aromatic carbocycles. The average molecular weight is 425 g/mol. The van der Waals surface area contributed by atoms with Crippen LogP contribution in [0.4, 0.5) is 5.95 Å². The van der Waals surface area contributed by atoms with Crippen LogP contribution in [-0.2, 0) is 6.54 Å². The standard InChI is InChI=1S/C24H23N7O/c32-23(19-5-1-4-18(14-19)16-31-12-3-10-27-31)28-21-8-13-30(17-21)24-26-11-7-22(29-24)20-6-2-9-25-15-20/h1-7,9-12,14-15,21H,8,13,16-17H2,(H,28,32). The number of rotatable bonds is 6. The topological polar surface area (TPSA) is 88.8 Å². The van der Waals surface area contributed by atoms with E-state index in [1.54, 1.807) is 24.8 Å². The Morgan fingerprint density at radius 2 is 2.06 bits per heavy atom. The van der Waals surface area contributed by atoms with Crippen molar-refractivity contribution in [1.82, 2.24) is 30.0 Å². The third-order valence-corrected chi connectivity index (χ3v) is 5.50. The van der Waals surface area contributed by atoms with Gasteiger partial charge in [-0.05, 0) is 48.4 Å². The van der Waals surface area contributed by atoms with Crippen LogP contribution in [0.1, 0.15) is 22.3 Å². The number of amides is 1. The summed E-state index contributed by atoms with van der Waals surface area (Å²) < 4.78 is 1.84. The molecule has 0 radical (unpaired) electrons. The summed E-state index contributed by atoms with van der Waals surface area (Å²) in [5, 5.41) is 7.39. The summed E-state index contributed by atoms with van der Waals surface area (Å²) in [5.74, 6) is 0.605. The highest BCUT2D eigenvalue weighted by molar-refractivity contribution is 5.94. The Balaban J connectivity index is 1.22. The van der Waals surface area contributed by atoms with Gasteiger partial charge in [0, 0.05) is 61.2 Å². The minimum absolute atomic E-state index is 0.0444. The molecule has 5 rings (SSSR count). The highest BCUT2D eigenvalue weighted by Crippen LogP contribution is 2.21. The van der Waals surface area contributed by atoms with Gasteiger partial charge < -0.3 is 10.2 Å². The van der Waals surface area contributed by atoms with Crippen molar-refractivity contribution in [3.05, 3.63) is 90.6 Å². The van der Waals surface area contributed by atoms with Crippen LogP contribution in [0.5, 0.6) is 0 Å². The first-order chi connectivity index (χ1) is 15.7. The maximum Gasteiger partial charge on any atom is 0.251 e. The Morgan fingerprint density at radius 3 is 2.91 bits per heavy atom. The van der Waals surface area contributed by atoms with Crippen LogP contribution < -0.4 is 10.2 Å². The van der Waals surface area contributed by atoms with Gasteiger partial charge in [-0.3, -0.25) is 14.5 Å². The van der Waals surface area contributed by atoms with Crippen LogP contribution in [0.25, 0.3) is 11.3 Å². The Morgan fingerprint density at radius 1 is 1.09 bits per heavy atom. The van der Waals surface area contributed by atoms with E-state index in [1.807, 2.05) is 59.4 Å². The van der Waals surface area contributed by atoms with Gasteiger partial charge in [0.25, 0.3) is 5.91 Å². The summed E-state index contributed by atoms with van der Waals surface area (Å²) in [5.41, 5.74) is 3.48. The minimum Gasteiger partial charge on any atom is -0.347 e. The highest BCUT2D eigenvalue weighted by atomic mass is 16.1. The number of nitrogens with one attached hydrogen (secondary N) is 1. The van der Waals surface area contributed by atoms with Crippen LogP contribution in [-0.4, -0.2) is 49.8 Å². The molecule has 1 amide bonds. The molecule has 4 aromatic rings. The number of benzene rings is 1. The average Bonchev–Trinajstić information content (AvgIpc) is 3.52. The molecule has 0 aliphatic carbocycles. The van der Waals surface area contributed by atoms with E-state index in [0.29, 0.717) is 24.6 Å². The SMILES string of the molecule is O=C(NC1CCN(c2nccc(-c3cccnc3)n2)C1)c1cccc(Cn2cccn2)c1. The minimum atomic E-state index is -0.0656. The smallest absolute Gasteiger partial charge is 0.251 e. The number of hydrogen-bond acceptors (Lipinski definition) is 6. The van der Waals surface area contributed by atoms with E-state index in [4.69, 9.17) is 4.98 Å². The monoisotopic (exact) mass is 425 g/mol. The number of carbonyl (C=O) groups excluding carboxylic acids is 1. The summed E-state index contributed by atoms with van der Waals surface area (Å²) in [7, 11) is 0. The van der Waals surface area contributed by atoms with E-state index in [1.165, 1.54) is 0 Å². The number of carbonyl (C=O) groups is 1. The van der Waals surface area contributed by atoms with Crippen LogP contribution >= 0.6 is 0 Å². The lowest BCUT2D eigenvalue weighted by molar-refractivity contribution is 0.0940. The van der Waals surface area contributed by atoms with Crippen molar-refractivity contribution in [3.8, 4) is 11.3 Å². The van der Waals surface area contributed by atoms with Gasteiger partial charge in [0.1, 0.15) is 0 Å². The quantitative estimate of drug-likeness (QED) is 0.511. The van der Waals surface area contributed by atoms with Gasteiger partial charge in [0.15, 0.2) is 0 Å². The summed E-state index contributed by atoms with van der Waals surface area (Å²) in [4.78, 5) is 28.3. The predicted octanol–water partition coefficient (Wildman–Crippen LogP) is 2.79. The number of aromatic nitrogens is 5. The van der Waals surface area contributed by atoms with Crippen molar-refractivity contribution in [2.24, 2.45) is 0 Å². The van der Waals surface area contributed by atoms with Gasteiger partial charge >= 0.3 is 0 Å². The molecule has 4 heterocycles. The summed E-state index contributed by atoms with van der Waals surface area (Å²) >= 11 is 0. The third kappa shape index (κ3) is 4.49. The van der Waals surface area contributed by atoms with Gasteiger partial charge in [0.2, 0.25) is 5.95 Å². The third-order valence-electron chi connectivity index (χ3n) is 5.50. The second kappa shape index (κ2) is 8.97. The second-order valence-electron chi connectivity index (χ2n) is 7.79. The summed E-state index contributed by atoms with van der Waals surface area (Å²) in [6.07, 6.45) is 9.80. The number of nitrogens with zero attached hydrogens (tertiary/aromatic N) is 6. The molecule has 8 heteroatoms. The molecule has 1 N–H and O–H groups in total. The second-order valence-corrected chi connectivity index (χ2v) is 7.79. The molecule has 1 fully saturated rings. The van der Waals surface area contributed by atoms with Crippen molar-refractivity contribution >= 4 is 11.9 Å². The maximum atomic E-state index is 12.8. The highest BCUT2D eigenvalue weighted by Gasteiger charge is 2.26. The fraction of sp³-hybridized carbons (Fsp3) is 0.208. The zero-order chi connectivity index (χ0) is 21.8. The lowest BCUT2D eigenvalue weighted by Crippen LogP contribution is -2.37. The van der Waals surface area contributed by atoms with Crippen molar-refractivity contribution in [1.29, 1.82) is 0 Å². The van der Waals surface area contributed by atoms with Gasteiger partial charge in [0.05, 0.1) is 12.2 Å². The van der Waals surface area contributed by atoms with Crippen molar-refractivity contribution in [2.45, 2.75) is 19.0 Å². The largest absolute Gasteiger partial charge is 0.347 e. The first kappa shape index (κ1) is 19.9. The Hall–Kier alpha value is -4.07.